The van der Waals surface area contributed by atoms with E-state index in [1.807, 2.05) is 39.8 Å². The third-order valence-electron chi connectivity index (χ3n) is 2.54. The van der Waals surface area contributed by atoms with Crippen LogP contribution in [0.1, 0.15) is 30.7 Å². The Morgan fingerprint density at radius 1 is 1.26 bits per heavy atom. The van der Waals surface area contributed by atoms with E-state index in [0.717, 1.165) is 16.5 Å². The molecule has 0 aliphatic heterocycles. The number of carbonyl (C=O) groups excluding carboxylic acids is 1. The maximum Gasteiger partial charge on any atom is 0.320 e. The zero-order chi connectivity index (χ0) is 14.4. The van der Waals surface area contributed by atoms with Crippen molar-refractivity contribution in [2.45, 2.75) is 34.3 Å². The van der Waals surface area contributed by atoms with E-state index in [9.17, 15) is 4.79 Å². The van der Waals surface area contributed by atoms with Crippen molar-refractivity contribution in [2.75, 3.05) is 6.54 Å². The van der Waals surface area contributed by atoms with Crippen LogP contribution in [0.25, 0.3) is 11.0 Å². The van der Waals surface area contributed by atoms with Gasteiger partial charge in [-0.25, -0.2) is 0 Å². The number of benzene rings is 1. The highest BCUT2D eigenvalue weighted by atomic mass is 16.5. The van der Waals surface area contributed by atoms with Crippen molar-refractivity contribution in [3.63, 3.8) is 0 Å². The first-order valence-corrected chi connectivity index (χ1v) is 6.45. The number of fused-ring (bicyclic) bond motifs is 1. The summed E-state index contributed by atoms with van der Waals surface area (Å²) in [5.41, 5.74) is 8.25. The molecule has 1 aromatic heterocycles. The van der Waals surface area contributed by atoms with Crippen LogP contribution in [0.2, 0.25) is 0 Å². The van der Waals surface area contributed by atoms with E-state index in [4.69, 9.17) is 14.9 Å². The van der Waals surface area contributed by atoms with Crippen LogP contribution in [0.15, 0.2) is 22.6 Å². The molecular formula is C15H21NO3. The van der Waals surface area contributed by atoms with Crippen LogP contribution in [0.3, 0.4) is 0 Å². The lowest BCUT2D eigenvalue weighted by atomic mass is 10.1. The quantitative estimate of drug-likeness (QED) is 0.864. The number of carbonyl (C=O) groups is 1. The van der Waals surface area contributed by atoms with Crippen molar-refractivity contribution >= 4 is 16.9 Å². The van der Waals surface area contributed by atoms with Gasteiger partial charge in [0, 0.05) is 5.39 Å². The van der Waals surface area contributed by atoms with Gasteiger partial charge < -0.3 is 14.9 Å². The molecule has 2 aromatic rings. The molecule has 0 aliphatic rings. The first kappa shape index (κ1) is 15.2. The summed E-state index contributed by atoms with van der Waals surface area (Å²) in [6, 6.07) is 5.99. The second-order valence-corrected chi connectivity index (χ2v) is 4.08. The molecule has 0 bridgehead atoms. The average molecular weight is 263 g/mol. The van der Waals surface area contributed by atoms with Crippen molar-refractivity contribution < 1.29 is 13.9 Å². The van der Waals surface area contributed by atoms with E-state index < -0.39 is 5.97 Å². The van der Waals surface area contributed by atoms with Gasteiger partial charge in [-0.2, -0.15) is 0 Å². The normalized spacial score (nSPS) is 9.95. The molecule has 0 saturated heterocycles. The van der Waals surface area contributed by atoms with E-state index in [-0.39, 0.29) is 13.2 Å². The molecule has 0 aliphatic carbocycles. The second-order valence-electron chi connectivity index (χ2n) is 4.08. The standard InChI is InChI=1S/C13H15NO3.C2H6/c1-8-3-9(2)13-10(4-8)5-11(17-13)7-16-12(15)6-14;1-2/h3-5H,6-7,14H2,1-2H3;1-2H3. The van der Waals surface area contributed by atoms with Crippen LogP contribution in [-0.4, -0.2) is 12.5 Å². The first-order chi connectivity index (χ1) is 9.10. The molecule has 0 unspecified atom stereocenters. The minimum absolute atomic E-state index is 0.113. The minimum Gasteiger partial charge on any atom is -0.457 e. The number of aryl methyl sites for hydroxylation is 2. The molecule has 0 fully saturated rings. The molecule has 4 heteroatoms. The molecule has 1 heterocycles. The number of hydrogen-bond donors (Lipinski definition) is 1. The van der Waals surface area contributed by atoms with Crippen molar-refractivity contribution in [3.8, 4) is 0 Å². The molecule has 0 radical (unpaired) electrons. The van der Waals surface area contributed by atoms with Gasteiger partial charge in [-0.3, -0.25) is 4.79 Å². The van der Waals surface area contributed by atoms with Gasteiger partial charge in [0.2, 0.25) is 0 Å². The van der Waals surface area contributed by atoms with Crippen LogP contribution in [-0.2, 0) is 16.1 Å². The summed E-state index contributed by atoms with van der Waals surface area (Å²) in [5, 5.41) is 1.03. The lowest BCUT2D eigenvalue weighted by Crippen LogP contribution is -2.16. The number of esters is 1. The fourth-order valence-corrected chi connectivity index (χ4v) is 1.85. The van der Waals surface area contributed by atoms with Gasteiger partial charge in [-0.15, -0.1) is 0 Å². The van der Waals surface area contributed by atoms with Gasteiger partial charge in [0.05, 0.1) is 6.54 Å². The van der Waals surface area contributed by atoms with Crippen LogP contribution < -0.4 is 5.73 Å². The Hall–Kier alpha value is -1.81. The monoisotopic (exact) mass is 263 g/mol. The number of ether oxygens (including phenoxy) is 1. The van der Waals surface area contributed by atoms with Crippen LogP contribution in [0, 0.1) is 13.8 Å². The van der Waals surface area contributed by atoms with Crippen molar-refractivity contribution in [1.29, 1.82) is 0 Å². The highest BCUT2D eigenvalue weighted by molar-refractivity contribution is 5.81. The number of rotatable bonds is 3. The summed E-state index contributed by atoms with van der Waals surface area (Å²) in [6.45, 7) is 8.05. The molecule has 104 valence electrons. The lowest BCUT2D eigenvalue weighted by Gasteiger charge is -1.99. The largest absolute Gasteiger partial charge is 0.457 e. The van der Waals surface area contributed by atoms with E-state index in [0.29, 0.717) is 5.76 Å². The van der Waals surface area contributed by atoms with E-state index >= 15 is 0 Å². The summed E-state index contributed by atoms with van der Waals surface area (Å²) < 4.78 is 10.5. The smallest absolute Gasteiger partial charge is 0.320 e. The Bertz CT molecular complexity index is 558. The SMILES string of the molecule is CC.Cc1cc(C)c2oc(COC(=O)CN)cc2c1. The molecule has 0 atom stereocenters. The van der Waals surface area contributed by atoms with Crippen LogP contribution >= 0.6 is 0 Å². The molecule has 1 aromatic carbocycles. The summed E-state index contributed by atoms with van der Waals surface area (Å²) in [4.78, 5) is 10.9. The predicted octanol–water partition coefficient (Wildman–Crippen LogP) is 3.08. The van der Waals surface area contributed by atoms with E-state index in [2.05, 4.69) is 6.07 Å². The first-order valence-electron chi connectivity index (χ1n) is 6.45. The third kappa shape index (κ3) is 3.83. The summed E-state index contributed by atoms with van der Waals surface area (Å²) in [5.74, 6) is 0.203. The molecule has 2 N–H and O–H groups in total. The predicted molar refractivity (Wildman–Crippen MR) is 75.9 cm³/mol. The zero-order valence-electron chi connectivity index (χ0n) is 11.9. The molecule has 0 saturated carbocycles. The Labute approximate surface area is 113 Å². The lowest BCUT2D eigenvalue weighted by molar-refractivity contribution is -0.143. The number of furan rings is 1. The maximum atomic E-state index is 10.9. The van der Waals surface area contributed by atoms with Crippen molar-refractivity contribution in [3.05, 3.63) is 35.1 Å². The fraction of sp³-hybridized carbons (Fsp3) is 0.400. The molecule has 4 nitrogen and oxygen atoms in total. The van der Waals surface area contributed by atoms with Crippen molar-refractivity contribution in [1.82, 2.24) is 0 Å². The molecule has 2 rings (SSSR count). The van der Waals surface area contributed by atoms with Gasteiger partial charge in [-0.05, 0) is 31.5 Å². The minimum atomic E-state index is -0.432. The Balaban J connectivity index is 0.000000861. The molecule has 19 heavy (non-hydrogen) atoms. The third-order valence-corrected chi connectivity index (χ3v) is 2.54. The van der Waals surface area contributed by atoms with Crippen molar-refractivity contribution in [2.24, 2.45) is 5.73 Å². The van der Waals surface area contributed by atoms with Gasteiger partial charge >= 0.3 is 5.97 Å². The number of hydrogen-bond acceptors (Lipinski definition) is 4. The fourth-order valence-electron chi connectivity index (χ4n) is 1.85. The maximum absolute atomic E-state index is 10.9. The van der Waals surface area contributed by atoms with Gasteiger partial charge in [0.1, 0.15) is 18.0 Å². The molecule has 0 spiro atoms. The molecular weight excluding hydrogens is 242 g/mol. The van der Waals surface area contributed by atoms with E-state index in [1.165, 1.54) is 5.56 Å². The van der Waals surface area contributed by atoms with Gasteiger partial charge in [0.15, 0.2) is 0 Å². The summed E-state index contributed by atoms with van der Waals surface area (Å²) in [6.07, 6.45) is 0. The Kier molecular flexibility index (Phi) is 5.57. The average Bonchev–Trinajstić information content (AvgIpc) is 2.81. The topological polar surface area (TPSA) is 65.5 Å². The van der Waals surface area contributed by atoms with Gasteiger partial charge in [0.25, 0.3) is 0 Å². The van der Waals surface area contributed by atoms with Gasteiger partial charge in [-0.1, -0.05) is 25.5 Å². The Morgan fingerprint density at radius 3 is 2.58 bits per heavy atom. The highest BCUT2D eigenvalue weighted by Crippen LogP contribution is 2.24. The zero-order valence-corrected chi connectivity index (χ0v) is 11.9. The summed E-state index contributed by atoms with van der Waals surface area (Å²) in [7, 11) is 0. The number of nitrogens with two attached hydrogens (primary N) is 1. The van der Waals surface area contributed by atoms with Crippen LogP contribution in [0.4, 0.5) is 0 Å². The van der Waals surface area contributed by atoms with Crippen LogP contribution in [0.5, 0.6) is 0 Å². The van der Waals surface area contributed by atoms with E-state index in [1.54, 1.807) is 0 Å². The Morgan fingerprint density at radius 2 is 1.95 bits per heavy atom. The highest BCUT2D eigenvalue weighted by Gasteiger charge is 2.08. The second kappa shape index (κ2) is 6.95. The molecule has 0 amide bonds. The summed E-state index contributed by atoms with van der Waals surface area (Å²) >= 11 is 0.